The minimum atomic E-state index is -0.444. The maximum Gasteiger partial charge on any atom is 0.270 e. The highest BCUT2D eigenvalue weighted by molar-refractivity contribution is 9.10. The highest BCUT2D eigenvalue weighted by Crippen LogP contribution is 2.35. The second kappa shape index (κ2) is 7.94. The molecule has 0 saturated carbocycles. The number of non-ortho nitro benzene ring substituents is 1. The molecule has 0 aromatic heterocycles. The van der Waals surface area contributed by atoms with E-state index in [-0.39, 0.29) is 11.6 Å². The van der Waals surface area contributed by atoms with E-state index in [2.05, 4.69) is 15.9 Å². The lowest BCUT2D eigenvalue weighted by atomic mass is 10.2. The number of thiocarbonyl (C=S) groups is 1. The van der Waals surface area contributed by atoms with Crippen LogP contribution in [-0.2, 0) is 4.79 Å². The van der Waals surface area contributed by atoms with E-state index in [0.29, 0.717) is 14.9 Å². The molecule has 2 aromatic carbocycles. The lowest BCUT2D eigenvalue weighted by Gasteiger charge is -2.14. The van der Waals surface area contributed by atoms with Gasteiger partial charge in [-0.25, -0.2) is 0 Å². The number of thioether (sulfide) groups is 1. The summed E-state index contributed by atoms with van der Waals surface area (Å²) in [6, 6.07) is 13.6. The predicted molar refractivity (Wildman–Crippen MR) is 112 cm³/mol. The van der Waals surface area contributed by atoms with Gasteiger partial charge in [0.05, 0.1) is 15.5 Å². The Hall–Kier alpha value is -2.29. The molecule has 1 fully saturated rings. The molecule has 5 nitrogen and oxygen atoms in total. The van der Waals surface area contributed by atoms with Crippen molar-refractivity contribution in [1.82, 2.24) is 0 Å². The van der Waals surface area contributed by atoms with Gasteiger partial charge in [0.1, 0.15) is 0 Å². The zero-order valence-electron chi connectivity index (χ0n) is 13.2. The van der Waals surface area contributed by atoms with Gasteiger partial charge in [-0.05, 0) is 42.0 Å². The van der Waals surface area contributed by atoms with Crippen LogP contribution in [0.4, 0.5) is 11.4 Å². The van der Waals surface area contributed by atoms with Crippen LogP contribution in [0.2, 0.25) is 0 Å². The summed E-state index contributed by atoms with van der Waals surface area (Å²) in [4.78, 5) is 24.8. The maximum atomic E-state index is 12.6. The van der Waals surface area contributed by atoms with E-state index in [1.165, 1.54) is 28.8 Å². The quantitative estimate of drug-likeness (QED) is 0.275. The van der Waals surface area contributed by atoms with Crippen LogP contribution < -0.4 is 4.90 Å². The summed E-state index contributed by atoms with van der Waals surface area (Å²) in [6.07, 6.45) is 5.20. The van der Waals surface area contributed by atoms with E-state index in [1.54, 1.807) is 30.4 Å². The number of nitro groups is 1. The normalized spacial score (nSPS) is 16.0. The summed E-state index contributed by atoms with van der Waals surface area (Å²) in [7, 11) is 0. The summed E-state index contributed by atoms with van der Waals surface area (Å²) in [5.74, 6) is -0.175. The Kier molecular flexibility index (Phi) is 5.65. The Bertz CT molecular complexity index is 955. The van der Waals surface area contributed by atoms with Crippen molar-refractivity contribution in [2.45, 2.75) is 0 Å². The predicted octanol–water partition coefficient (Wildman–Crippen LogP) is 5.32. The van der Waals surface area contributed by atoms with Gasteiger partial charge in [-0.15, -0.1) is 0 Å². The average molecular weight is 447 g/mol. The molecule has 1 amide bonds. The Labute approximate surface area is 167 Å². The fourth-order valence-electron chi connectivity index (χ4n) is 2.27. The number of benzene rings is 2. The molecule has 0 bridgehead atoms. The van der Waals surface area contributed by atoms with Crippen molar-refractivity contribution in [2.75, 3.05) is 4.90 Å². The number of nitrogens with zero attached hydrogens (tertiary/aromatic N) is 2. The van der Waals surface area contributed by atoms with Crippen LogP contribution in [0.1, 0.15) is 5.56 Å². The van der Waals surface area contributed by atoms with E-state index < -0.39 is 4.92 Å². The smallest absolute Gasteiger partial charge is 0.268 e. The van der Waals surface area contributed by atoms with Crippen LogP contribution in [0.3, 0.4) is 0 Å². The number of halogens is 1. The van der Waals surface area contributed by atoms with E-state index in [4.69, 9.17) is 12.2 Å². The Morgan fingerprint density at radius 1 is 1.19 bits per heavy atom. The number of nitro benzene ring substituents is 1. The first-order valence-corrected chi connectivity index (χ1v) is 9.42. The lowest BCUT2D eigenvalue weighted by Crippen LogP contribution is -2.27. The molecule has 0 aliphatic carbocycles. The molecule has 0 atom stereocenters. The van der Waals surface area contributed by atoms with Gasteiger partial charge in [0.25, 0.3) is 11.6 Å². The first kappa shape index (κ1) is 18.5. The third kappa shape index (κ3) is 4.09. The maximum absolute atomic E-state index is 12.6. The lowest BCUT2D eigenvalue weighted by molar-refractivity contribution is -0.384. The Balaban J connectivity index is 1.76. The minimum absolute atomic E-state index is 0.0389. The Morgan fingerprint density at radius 3 is 2.58 bits per heavy atom. The van der Waals surface area contributed by atoms with Gasteiger partial charge in [0, 0.05) is 16.6 Å². The number of hydrogen-bond donors (Lipinski definition) is 0. The molecule has 3 rings (SSSR count). The summed E-state index contributed by atoms with van der Waals surface area (Å²) in [5.41, 5.74) is 1.55. The van der Waals surface area contributed by atoms with Gasteiger partial charge < -0.3 is 0 Å². The third-order valence-electron chi connectivity index (χ3n) is 3.50. The van der Waals surface area contributed by atoms with E-state index >= 15 is 0 Å². The van der Waals surface area contributed by atoms with E-state index in [9.17, 15) is 14.9 Å². The molecule has 2 aromatic rings. The number of anilines is 1. The van der Waals surface area contributed by atoms with Crippen LogP contribution in [0, 0.1) is 10.1 Å². The second-order valence-electron chi connectivity index (χ2n) is 5.23. The number of hydrogen-bond acceptors (Lipinski definition) is 5. The highest BCUT2D eigenvalue weighted by Gasteiger charge is 2.32. The number of carbonyl (C=O) groups excluding carboxylic acids is 1. The Morgan fingerprint density at radius 2 is 1.92 bits per heavy atom. The van der Waals surface area contributed by atoms with Crippen molar-refractivity contribution in [3.63, 3.8) is 0 Å². The van der Waals surface area contributed by atoms with Crippen molar-refractivity contribution in [2.24, 2.45) is 0 Å². The number of amides is 1. The first-order valence-electron chi connectivity index (χ1n) is 7.40. The number of allylic oxidation sites excluding steroid dienone is 2. The summed E-state index contributed by atoms with van der Waals surface area (Å²) < 4.78 is 1.34. The van der Waals surface area contributed by atoms with Crippen LogP contribution in [0.25, 0.3) is 6.08 Å². The van der Waals surface area contributed by atoms with Crippen molar-refractivity contribution in [3.05, 3.63) is 85.7 Å². The molecule has 130 valence electrons. The molecule has 0 spiro atoms. The van der Waals surface area contributed by atoms with Crippen LogP contribution in [-0.4, -0.2) is 15.2 Å². The molecule has 1 saturated heterocycles. The highest BCUT2D eigenvalue weighted by atomic mass is 79.9. The third-order valence-corrected chi connectivity index (χ3v) is 5.31. The molecular formula is C18H11BrN2O3S2. The zero-order valence-corrected chi connectivity index (χ0v) is 16.4. The largest absolute Gasteiger partial charge is 0.270 e. The van der Waals surface area contributed by atoms with Gasteiger partial charge in [-0.3, -0.25) is 19.8 Å². The van der Waals surface area contributed by atoms with Crippen LogP contribution in [0.5, 0.6) is 0 Å². The molecule has 26 heavy (non-hydrogen) atoms. The van der Waals surface area contributed by atoms with Gasteiger partial charge in [0.15, 0.2) is 4.32 Å². The number of rotatable bonds is 4. The van der Waals surface area contributed by atoms with Gasteiger partial charge in [-0.2, -0.15) is 0 Å². The zero-order chi connectivity index (χ0) is 18.7. The molecule has 0 N–H and O–H groups in total. The standard InChI is InChI=1S/C18H11BrN2O3S2/c19-13-4-2-5-15(11-13)20-17(22)16(26-18(20)25)6-1-3-12-7-9-14(10-8-12)21(23)24/h1-11H/b3-1+,16-6+. The van der Waals surface area contributed by atoms with Crippen LogP contribution in [0.15, 0.2) is 70.1 Å². The molecule has 1 aliphatic heterocycles. The van der Waals surface area contributed by atoms with Crippen molar-refractivity contribution < 1.29 is 9.72 Å². The summed E-state index contributed by atoms with van der Waals surface area (Å²) in [5, 5.41) is 10.7. The monoisotopic (exact) mass is 446 g/mol. The summed E-state index contributed by atoms with van der Waals surface area (Å²) >= 11 is 9.95. The SMILES string of the molecule is O=C1/C(=C\C=C\c2ccc([N+](=O)[O-])cc2)SC(=S)N1c1cccc(Br)c1. The number of carbonyl (C=O) groups is 1. The van der Waals surface area contributed by atoms with Crippen molar-refractivity contribution >= 4 is 67.6 Å². The second-order valence-corrected chi connectivity index (χ2v) is 7.82. The topological polar surface area (TPSA) is 63.4 Å². The molecular weight excluding hydrogens is 436 g/mol. The average Bonchev–Trinajstić information content (AvgIpc) is 2.89. The molecule has 8 heteroatoms. The molecule has 0 unspecified atom stereocenters. The molecule has 0 radical (unpaired) electrons. The van der Waals surface area contributed by atoms with Crippen molar-refractivity contribution in [3.8, 4) is 0 Å². The fourth-order valence-corrected chi connectivity index (χ4v) is 3.91. The van der Waals surface area contributed by atoms with Gasteiger partial charge >= 0.3 is 0 Å². The molecule has 1 aliphatic rings. The van der Waals surface area contributed by atoms with Crippen molar-refractivity contribution in [1.29, 1.82) is 0 Å². The van der Waals surface area contributed by atoms with E-state index in [0.717, 1.165) is 10.0 Å². The fraction of sp³-hybridized carbons (Fsp3) is 0. The van der Waals surface area contributed by atoms with Gasteiger partial charge in [0.2, 0.25) is 0 Å². The van der Waals surface area contributed by atoms with E-state index in [1.807, 2.05) is 24.3 Å². The molecule has 1 heterocycles. The summed E-state index contributed by atoms with van der Waals surface area (Å²) in [6.45, 7) is 0. The minimum Gasteiger partial charge on any atom is -0.268 e. The van der Waals surface area contributed by atoms with Crippen LogP contribution >= 0.6 is 39.9 Å². The van der Waals surface area contributed by atoms with Gasteiger partial charge in [-0.1, -0.05) is 58.1 Å². The first-order chi connectivity index (χ1) is 12.5.